The van der Waals surface area contributed by atoms with E-state index in [1.165, 1.54) is 5.56 Å². The van der Waals surface area contributed by atoms with Gasteiger partial charge in [-0.3, -0.25) is 0 Å². The van der Waals surface area contributed by atoms with Crippen molar-refractivity contribution in [3.63, 3.8) is 0 Å². The van der Waals surface area contributed by atoms with E-state index in [9.17, 15) is 0 Å². The van der Waals surface area contributed by atoms with Gasteiger partial charge < -0.3 is 28.1 Å². The highest BCUT2D eigenvalue weighted by Gasteiger charge is 2.55. The fourth-order valence-corrected chi connectivity index (χ4v) is 7.60. The van der Waals surface area contributed by atoms with Gasteiger partial charge in [0.1, 0.15) is 29.1 Å². The first kappa shape index (κ1) is 31.9. The number of benzene rings is 2. The summed E-state index contributed by atoms with van der Waals surface area (Å²) in [4.78, 5) is 11.5. The number of rotatable bonds is 8. The lowest BCUT2D eigenvalue weighted by Gasteiger charge is -2.36. The fraction of sp³-hybridized carbons (Fsp3) is 0.486. The van der Waals surface area contributed by atoms with E-state index in [2.05, 4.69) is 97.0 Å². The van der Waals surface area contributed by atoms with Crippen molar-refractivity contribution in [3.8, 4) is 11.5 Å². The highest BCUT2D eigenvalue weighted by molar-refractivity contribution is 6.74. The van der Waals surface area contributed by atoms with Crippen molar-refractivity contribution in [1.29, 1.82) is 0 Å². The van der Waals surface area contributed by atoms with Gasteiger partial charge in [-0.05, 0) is 91.5 Å². The van der Waals surface area contributed by atoms with Gasteiger partial charge in [0.25, 0.3) is 0 Å². The van der Waals surface area contributed by atoms with Gasteiger partial charge in [0, 0.05) is 25.7 Å². The SMILES string of the molecule is COc1ccc(CN(C)c2nc(Cl)nc3c2ccn3[C@@H]2C[C@H](c3ccc(O[Si](C)(C)C(C)(C)C)cc3)[C@H]3OC(C)(C)O[C@H]32)cc1. The van der Waals surface area contributed by atoms with Crippen LogP contribution in [0.3, 0.4) is 0 Å². The van der Waals surface area contributed by atoms with Crippen LogP contribution in [0.25, 0.3) is 11.0 Å². The van der Waals surface area contributed by atoms with Gasteiger partial charge in [0.05, 0.1) is 24.6 Å². The first-order chi connectivity index (χ1) is 21.2. The van der Waals surface area contributed by atoms with E-state index in [1.54, 1.807) is 7.11 Å². The standard InChI is InChI=1S/C35H45ClN4O4Si/c1-34(2,3)45(8,9)44-25-16-12-23(13-17-25)27-20-28(30-29(27)42-35(4,5)43-30)40-19-18-26-31(37-33(36)38-32(26)40)39(6)21-22-10-14-24(41-7)15-11-22/h10-19,27-30H,20-21H2,1-9H3/t27-,28-,29-,30+/m1/s1. The molecule has 4 atom stereocenters. The average molecular weight is 649 g/mol. The number of halogens is 1. The van der Waals surface area contributed by atoms with Crippen molar-refractivity contribution < 1.29 is 18.6 Å². The molecule has 2 aromatic carbocycles. The van der Waals surface area contributed by atoms with Crippen molar-refractivity contribution in [1.82, 2.24) is 14.5 Å². The number of nitrogens with zero attached hydrogens (tertiary/aromatic N) is 4. The molecule has 2 aromatic heterocycles. The molecule has 0 N–H and O–H groups in total. The smallest absolute Gasteiger partial charge is 0.250 e. The molecule has 2 aliphatic rings. The predicted molar refractivity (Wildman–Crippen MR) is 182 cm³/mol. The number of hydrogen-bond donors (Lipinski definition) is 0. The highest BCUT2D eigenvalue weighted by Crippen LogP contribution is 2.52. The number of hydrogen-bond acceptors (Lipinski definition) is 7. The molecule has 2 fully saturated rings. The third kappa shape index (κ3) is 6.20. The van der Waals surface area contributed by atoms with Crippen LogP contribution in [0, 0.1) is 0 Å². The molecule has 1 aliphatic carbocycles. The maximum atomic E-state index is 6.58. The molecular formula is C35H45ClN4O4Si. The van der Waals surface area contributed by atoms with E-state index < -0.39 is 14.1 Å². The van der Waals surface area contributed by atoms with Gasteiger partial charge in [-0.25, -0.2) is 0 Å². The number of ether oxygens (including phenoxy) is 3. The summed E-state index contributed by atoms with van der Waals surface area (Å²) in [5, 5.41) is 1.29. The predicted octanol–water partition coefficient (Wildman–Crippen LogP) is 8.36. The minimum absolute atomic E-state index is 0.00754. The molecule has 0 bridgehead atoms. The van der Waals surface area contributed by atoms with E-state index in [0.717, 1.165) is 40.3 Å². The van der Waals surface area contributed by atoms with E-state index >= 15 is 0 Å². The van der Waals surface area contributed by atoms with Crippen molar-refractivity contribution in [2.24, 2.45) is 0 Å². The maximum Gasteiger partial charge on any atom is 0.250 e. The number of fused-ring (bicyclic) bond motifs is 2. The summed E-state index contributed by atoms with van der Waals surface area (Å²) < 4.78 is 27.2. The second-order valence-electron chi connectivity index (χ2n) is 14.4. The summed E-state index contributed by atoms with van der Waals surface area (Å²) in [6.45, 7) is 16.0. The van der Waals surface area contributed by atoms with Crippen molar-refractivity contribution >= 4 is 36.8 Å². The molecule has 0 amide bonds. The van der Waals surface area contributed by atoms with E-state index in [0.29, 0.717) is 6.54 Å². The quantitative estimate of drug-likeness (QED) is 0.140. The molecule has 4 aromatic rings. The molecule has 10 heteroatoms. The number of methoxy groups -OCH3 is 1. The molecule has 0 spiro atoms. The molecule has 0 radical (unpaired) electrons. The third-order valence-corrected chi connectivity index (χ3v) is 14.3. The Hall–Kier alpha value is -3.11. The van der Waals surface area contributed by atoms with Gasteiger partial charge in [-0.2, -0.15) is 9.97 Å². The van der Waals surface area contributed by atoms with Gasteiger partial charge in [-0.15, -0.1) is 0 Å². The van der Waals surface area contributed by atoms with Gasteiger partial charge in [0.2, 0.25) is 13.6 Å². The maximum absolute atomic E-state index is 6.58. The summed E-state index contributed by atoms with van der Waals surface area (Å²) >= 11 is 6.57. The van der Waals surface area contributed by atoms with Crippen molar-refractivity contribution in [3.05, 3.63) is 77.2 Å². The Labute approximate surface area is 272 Å². The minimum Gasteiger partial charge on any atom is -0.544 e. The van der Waals surface area contributed by atoms with Crippen molar-refractivity contribution in [2.75, 3.05) is 19.1 Å². The Balaban J connectivity index is 1.29. The monoisotopic (exact) mass is 648 g/mol. The average Bonchev–Trinajstić information content (AvgIpc) is 3.63. The van der Waals surface area contributed by atoms with Crippen LogP contribution < -0.4 is 14.1 Å². The molecule has 45 heavy (non-hydrogen) atoms. The van der Waals surface area contributed by atoms with E-state index in [4.69, 9.17) is 35.2 Å². The van der Waals surface area contributed by atoms with Crippen LogP contribution in [-0.2, 0) is 16.0 Å². The fourth-order valence-electron chi connectivity index (χ4n) is 6.41. The Morgan fingerprint density at radius 1 is 0.978 bits per heavy atom. The first-order valence-corrected chi connectivity index (χ1v) is 19.0. The Kier molecular flexibility index (Phi) is 8.21. The van der Waals surface area contributed by atoms with Crippen LogP contribution in [0.2, 0.25) is 23.4 Å². The number of aromatic nitrogens is 3. The van der Waals surface area contributed by atoms with Crippen LogP contribution in [0.5, 0.6) is 11.5 Å². The zero-order chi connectivity index (χ0) is 32.3. The largest absolute Gasteiger partial charge is 0.544 e. The van der Waals surface area contributed by atoms with Gasteiger partial charge >= 0.3 is 0 Å². The van der Waals surface area contributed by atoms with Gasteiger partial charge in [-0.1, -0.05) is 45.0 Å². The Bertz CT molecular complexity index is 1670. The highest BCUT2D eigenvalue weighted by atomic mass is 35.5. The Morgan fingerprint density at radius 3 is 2.27 bits per heavy atom. The second kappa shape index (κ2) is 11.6. The molecule has 1 saturated carbocycles. The molecular weight excluding hydrogens is 604 g/mol. The Morgan fingerprint density at radius 2 is 1.62 bits per heavy atom. The lowest BCUT2D eigenvalue weighted by atomic mass is 9.95. The summed E-state index contributed by atoms with van der Waals surface area (Å²) in [7, 11) is 1.76. The first-order valence-electron chi connectivity index (χ1n) is 15.7. The zero-order valence-electron chi connectivity index (χ0n) is 27.8. The van der Waals surface area contributed by atoms with Crippen LogP contribution in [0.1, 0.15) is 64.1 Å². The third-order valence-electron chi connectivity index (χ3n) is 9.74. The molecule has 240 valence electrons. The normalized spacial score (nSPS) is 22.9. The minimum atomic E-state index is -1.93. The van der Waals surface area contributed by atoms with Crippen LogP contribution in [-0.4, -0.2) is 55.0 Å². The summed E-state index contributed by atoms with van der Waals surface area (Å²) in [5.74, 6) is 2.00. The second-order valence-corrected chi connectivity index (χ2v) is 19.4. The molecule has 1 aliphatic heterocycles. The van der Waals surface area contributed by atoms with Crippen LogP contribution >= 0.6 is 11.6 Å². The summed E-state index contributed by atoms with van der Waals surface area (Å²) in [6, 6.07) is 18.8. The van der Waals surface area contributed by atoms with Crippen LogP contribution in [0.4, 0.5) is 5.82 Å². The lowest BCUT2D eigenvalue weighted by molar-refractivity contribution is -0.157. The molecule has 3 heterocycles. The van der Waals surface area contributed by atoms with E-state index in [-0.39, 0.29) is 34.5 Å². The molecule has 1 saturated heterocycles. The zero-order valence-corrected chi connectivity index (χ0v) is 29.6. The molecule has 0 unspecified atom stereocenters. The lowest BCUT2D eigenvalue weighted by Crippen LogP contribution is -2.43. The van der Waals surface area contributed by atoms with Gasteiger partial charge in [0.15, 0.2) is 5.79 Å². The van der Waals surface area contributed by atoms with Crippen LogP contribution in [0.15, 0.2) is 60.8 Å². The van der Waals surface area contributed by atoms with E-state index in [1.807, 2.05) is 33.0 Å². The molecule has 8 nitrogen and oxygen atoms in total. The molecule has 6 rings (SSSR count). The summed E-state index contributed by atoms with van der Waals surface area (Å²) in [5.41, 5.74) is 3.16. The summed E-state index contributed by atoms with van der Waals surface area (Å²) in [6.07, 6.45) is 2.70. The topological polar surface area (TPSA) is 70.9 Å². The number of anilines is 1. The van der Waals surface area contributed by atoms with Crippen molar-refractivity contribution in [2.45, 2.75) is 95.7 Å².